The zero-order chi connectivity index (χ0) is 28.3. The summed E-state index contributed by atoms with van der Waals surface area (Å²) in [4.78, 5) is 0. The van der Waals surface area contributed by atoms with Gasteiger partial charge in [0, 0.05) is 0 Å². The molecular formula is C34H37ClGeP2Pt. The Morgan fingerprint density at radius 3 is 0.769 bits per heavy atom. The van der Waals surface area contributed by atoms with Crippen LogP contribution in [0.25, 0.3) is 0 Å². The van der Waals surface area contributed by atoms with Crippen molar-refractivity contribution in [1.29, 1.82) is 0 Å². The average Bonchev–Trinajstić information content (AvgIpc) is 3.01. The van der Waals surface area contributed by atoms with Gasteiger partial charge in [0.15, 0.2) is 0 Å². The van der Waals surface area contributed by atoms with Crippen LogP contribution in [0.4, 0.5) is 0 Å². The van der Waals surface area contributed by atoms with Gasteiger partial charge in [-0.2, -0.15) is 0 Å². The molecule has 0 aliphatic rings. The van der Waals surface area contributed by atoms with E-state index in [0.717, 1.165) is 0 Å². The van der Waals surface area contributed by atoms with Crippen molar-refractivity contribution < 1.29 is 18.8 Å². The van der Waals surface area contributed by atoms with Crippen LogP contribution < -0.4 is 23.8 Å². The second-order valence-corrected chi connectivity index (χ2v) is 18.8. The van der Waals surface area contributed by atoms with E-state index in [-0.39, 0.29) is 15.8 Å². The third-order valence-corrected chi connectivity index (χ3v) is 14.1. The van der Waals surface area contributed by atoms with Crippen molar-refractivity contribution in [1.82, 2.24) is 0 Å². The zero-order valence-corrected chi connectivity index (χ0v) is 29.9. The summed E-state index contributed by atoms with van der Waals surface area (Å²) in [5, 5.41) is 2.96. The molecular weight excluding hydrogens is 773 g/mol. The first-order valence-corrected chi connectivity index (χ1v) is 23.1. The van der Waals surface area contributed by atoms with Gasteiger partial charge in [-0.15, -0.1) is 0 Å². The van der Waals surface area contributed by atoms with E-state index in [4.69, 9.17) is 0 Å². The van der Waals surface area contributed by atoms with Gasteiger partial charge >= 0.3 is 147 Å². The van der Waals surface area contributed by atoms with E-state index in [1.54, 1.807) is 18.8 Å². The predicted molar refractivity (Wildman–Crippen MR) is 180 cm³/mol. The monoisotopic (exact) mass is 811 g/mol. The number of benzene rings is 5. The summed E-state index contributed by atoms with van der Waals surface area (Å²) in [6.45, 7) is 9.07. The van der Waals surface area contributed by atoms with Gasteiger partial charge in [-0.3, -0.25) is 0 Å². The molecule has 5 aromatic rings. The maximum absolute atomic E-state index is 4.61. The molecule has 0 aromatic heterocycles. The molecule has 0 bridgehead atoms. The van der Waals surface area contributed by atoms with Crippen LogP contribution in [0.5, 0.6) is 0 Å². The van der Waals surface area contributed by atoms with Gasteiger partial charge in [-0.25, -0.2) is 0 Å². The standard InChI is InChI=1S/C18H15Ge.2C8H11P.ClH.Pt/c1-4-10-16(11-5-1)19(17-12-6-2-7-13-17)18-14-8-3-9-15-18;2*1-9(2)8-6-4-3-5-7-8;;/h1-15H;2*3-7H,1-2H3;1H;/q;;;;+1/p-1. The van der Waals surface area contributed by atoms with E-state index in [2.05, 4.69) is 188 Å². The second-order valence-electron chi connectivity index (χ2n) is 8.93. The second kappa shape index (κ2) is 20.4. The quantitative estimate of drug-likeness (QED) is 0.133. The van der Waals surface area contributed by atoms with Gasteiger partial charge in [0.2, 0.25) is 0 Å². The van der Waals surface area contributed by atoms with Crippen LogP contribution in [0.15, 0.2) is 152 Å². The Balaban J connectivity index is 0.000000224. The van der Waals surface area contributed by atoms with E-state index in [1.807, 2.05) is 0 Å². The molecule has 0 saturated heterocycles. The SMILES string of the molecule is CP(C)c1ccccc1.CP(C)c1ccccc1.[Cl][Pt].c1cc[c]([Ge]([c]2ccccc2)[c]2ccccc2)cc1. The first-order valence-electron chi connectivity index (χ1n) is 12.7. The van der Waals surface area contributed by atoms with Crippen LogP contribution in [0.3, 0.4) is 0 Å². The topological polar surface area (TPSA) is 0 Å². The molecule has 39 heavy (non-hydrogen) atoms. The third kappa shape index (κ3) is 12.7. The molecule has 0 aliphatic carbocycles. The summed E-state index contributed by atoms with van der Waals surface area (Å²) in [5.41, 5.74) is 0. The van der Waals surface area contributed by atoms with Gasteiger partial charge in [-0.05, 0) is 37.3 Å². The van der Waals surface area contributed by atoms with E-state index in [1.165, 1.54) is 23.8 Å². The summed E-state index contributed by atoms with van der Waals surface area (Å²) in [5.74, 6) is 0. The third-order valence-electron chi connectivity index (χ3n) is 5.73. The first-order chi connectivity index (χ1) is 19.1. The van der Waals surface area contributed by atoms with E-state index in [9.17, 15) is 0 Å². The Labute approximate surface area is 258 Å². The molecule has 0 atom stereocenters. The van der Waals surface area contributed by atoms with E-state index in [0.29, 0.717) is 0 Å². The molecule has 0 unspecified atom stereocenters. The number of rotatable bonds is 5. The van der Waals surface area contributed by atoms with Gasteiger partial charge in [-0.1, -0.05) is 76.5 Å². The van der Waals surface area contributed by atoms with Crippen LogP contribution in [-0.2, 0) is 18.8 Å². The van der Waals surface area contributed by atoms with Crippen molar-refractivity contribution in [3.8, 4) is 0 Å². The molecule has 5 aromatic carbocycles. The van der Waals surface area contributed by atoms with Crippen molar-refractivity contribution in [2.75, 3.05) is 26.7 Å². The van der Waals surface area contributed by atoms with E-state index < -0.39 is 14.3 Å². The predicted octanol–water partition coefficient (Wildman–Crippen LogP) is 7.00. The molecule has 0 N–H and O–H groups in total. The van der Waals surface area contributed by atoms with Crippen molar-refractivity contribution >= 4 is 63.4 Å². The fourth-order valence-corrected chi connectivity index (χ4v) is 10.7. The Hall–Kier alpha value is -1.52. The van der Waals surface area contributed by atoms with Gasteiger partial charge in [0.1, 0.15) is 0 Å². The molecule has 0 spiro atoms. The summed E-state index contributed by atoms with van der Waals surface area (Å²) in [6, 6.07) is 54.0. The molecule has 1 radical (unpaired) electrons. The Morgan fingerprint density at radius 1 is 0.385 bits per heavy atom. The average molecular weight is 811 g/mol. The Bertz CT molecular complexity index is 1120. The Kier molecular flexibility index (Phi) is 17.6. The number of hydrogen-bond acceptors (Lipinski definition) is 0. The molecule has 0 heterocycles. The first kappa shape index (κ1) is 33.7. The van der Waals surface area contributed by atoms with Crippen molar-refractivity contribution in [3.63, 3.8) is 0 Å². The minimum atomic E-state index is -1.63. The minimum absolute atomic E-state index is 0.104. The molecule has 5 heteroatoms. The van der Waals surface area contributed by atoms with E-state index >= 15 is 0 Å². The molecule has 0 saturated carbocycles. The van der Waals surface area contributed by atoms with Gasteiger partial charge in [0.05, 0.1) is 0 Å². The summed E-state index contributed by atoms with van der Waals surface area (Å²) in [7, 11) is 4.82. The van der Waals surface area contributed by atoms with Crippen LogP contribution in [0.1, 0.15) is 0 Å². The molecule has 0 aliphatic heterocycles. The summed E-state index contributed by atoms with van der Waals surface area (Å²) >= 11 is -0.0211. The zero-order valence-electron chi connectivity index (χ0n) is 23.0. The number of hydrogen-bond donors (Lipinski definition) is 0. The molecule has 0 nitrogen and oxygen atoms in total. The van der Waals surface area contributed by atoms with Crippen LogP contribution in [-0.4, -0.2) is 41.0 Å². The maximum atomic E-state index is 4.61. The van der Waals surface area contributed by atoms with Crippen molar-refractivity contribution in [2.45, 2.75) is 0 Å². The van der Waals surface area contributed by atoms with Crippen LogP contribution in [0, 0.1) is 0 Å². The number of halogens is 1. The fourth-order valence-electron chi connectivity index (χ4n) is 3.77. The molecule has 0 amide bonds. The van der Waals surface area contributed by atoms with Crippen molar-refractivity contribution in [2.24, 2.45) is 0 Å². The normalized spacial score (nSPS) is 10.0. The van der Waals surface area contributed by atoms with Gasteiger partial charge < -0.3 is 0 Å². The Morgan fingerprint density at radius 2 is 0.590 bits per heavy atom. The van der Waals surface area contributed by atoms with Gasteiger partial charge in [0.25, 0.3) is 0 Å². The molecule has 204 valence electrons. The summed E-state index contributed by atoms with van der Waals surface area (Å²) < 4.78 is 4.50. The summed E-state index contributed by atoms with van der Waals surface area (Å²) in [6.07, 6.45) is 0. The van der Waals surface area contributed by atoms with Crippen LogP contribution >= 0.6 is 25.3 Å². The van der Waals surface area contributed by atoms with Crippen molar-refractivity contribution in [3.05, 3.63) is 152 Å². The van der Waals surface area contributed by atoms with Crippen LogP contribution in [0.2, 0.25) is 0 Å². The fraction of sp³-hybridized carbons (Fsp3) is 0.118. The molecule has 5 rings (SSSR count). The molecule has 0 fully saturated rings.